The zero-order chi connectivity index (χ0) is 51.4. The molecule has 71 heavy (non-hydrogen) atoms. The second-order valence-electron chi connectivity index (χ2n) is 19.2. The molecule has 0 aliphatic carbocycles. The van der Waals surface area contributed by atoms with Gasteiger partial charge in [0, 0.05) is 19.3 Å². The lowest BCUT2D eigenvalue weighted by atomic mass is 10.1. The number of hydrogen-bond donors (Lipinski definition) is 0. The molecule has 1 atom stereocenters. The number of carbonyl (C=O) groups is 3. The summed E-state index contributed by atoms with van der Waals surface area (Å²) in [6.45, 7) is 6.45. The van der Waals surface area contributed by atoms with E-state index in [1.54, 1.807) is 0 Å². The maximum atomic E-state index is 12.8. The number of rotatable bonds is 52. The Balaban J connectivity index is 4.27. The van der Waals surface area contributed by atoms with Crippen molar-refractivity contribution in [2.75, 3.05) is 13.2 Å². The van der Waals surface area contributed by atoms with E-state index in [4.69, 9.17) is 14.2 Å². The van der Waals surface area contributed by atoms with Crippen LogP contribution in [0.3, 0.4) is 0 Å². The topological polar surface area (TPSA) is 78.9 Å². The summed E-state index contributed by atoms with van der Waals surface area (Å²) in [5.41, 5.74) is 0. The maximum absolute atomic E-state index is 12.8. The van der Waals surface area contributed by atoms with Crippen molar-refractivity contribution in [1.29, 1.82) is 0 Å². The third-order valence-electron chi connectivity index (χ3n) is 12.3. The quantitative estimate of drug-likeness (QED) is 0.0261. The summed E-state index contributed by atoms with van der Waals surface area (Å²) in [6.07, 6.45) is 79.5. The predicted octanol–water partition coefficient (Wildman–Crippen LogP) is 19.9. The van der Waals surface area contributed by atoms with Crippen molar-refractivity contribution >= 4 is 17.9 Å². The molecule has 0 bridgehead atoms. The minimum absolute atomic E-state index is 0.0890. The average Bonchev–Trinajstić information content (AvgIpc) is 3.37. The lowest BCUT2D eigenvalue weighted by Gasteiger charge is -2.18. The lowest BCUT2D eigenvalue weighted by molar-refractivity contribution is -0.167. The standard InChI is InChI=1S/C65H108O6/c1-4-7-10-13-16-18-20-22-24-26-28-30-31-32-33-35-36-38-40-42-44-46-49-52-55-58-64(67)70-61-62(60-69-63(66)57-54-51-48-15-12-9-6-3)71-65(68)59-56-53-50-47-45-43-41-39-37-34-29-27-25-23-21-19-17-14-11-8-5-2/h7,10,16,18,21-24,27-30,32-33,36-39,62H,4-6,8-9,11-15,17,19-20,25-26,31,34-35,40-61H2,1-3H3/b10-7-,18-16-,23-21-,24-22-,29-27-,30-28-,33-32-,38-36-,39-37-. The summed E-state index contributed by atoms with van der Waals surface area (Å²) in [5, 5.41) is 0. The van der Waals surface area contributed by atoms with Crippen molar-refractivity contribution in [3.63, 3.8) is 0 Å². The zero-order valence-corrected chi connectivity index (χ0v) is 46.2. The predicted molar refractivity (Wildman–Crippen MR) is 307 cm³/mol. The molecule has 0 aliphatic heterocycles. The van der Waals surface area contributed by atoms with Gasteiger partial charge in [-0.05, 0) is 109 Å². The number of esters is 3. The molecule has 0 radical (unpaired) electrons. The van der Waals surface area contributed by atoms with Crippen molar-refractivity contribution in [3.8, 4) is 0 Å². The third kappa shape index (κ3) is 56.9. The Labute approximate surface area is 438 Å². The average molecular weight is 986 g/mol. The van der Waals surface area contributed by atoms with Crippen LogP contribution in [0, 0.1) is 0 Å². The zero-order valence-electron chi connectivity index (χ0n) is 46.2. The third-order valence-corrected chi connectivity index (χ3v) is 12.3. The summed E-state index contributed by atoms with van der Waals surface area (Å²) < 4.78 is 16.8. The van der Waals surface area contributed by atoms with Crippen LogP contribution >= 0.6 is 0 Å². The number of carbonyl (C=O) groups excluding carboxylic acids is 3. The van der Waals surface area contributed by atoms with Crippen LogP contribution < -0.4 is 0 Å². The molecule has 1 unspecified atom stereocenters. The molecule has 0 fully saturated rings. The van der Waals surface area contributed by atoms with E-state index in [2.05, 4.69) is 130 Å². The van der Waals surface area contributed by atoms with Gasteiger partial charge in [-0.25, -0.2) is 0 Å². The molecule has 0 saturated heterocycles. The van der Waals surface area contributed by atoms with Crippen LogP contribution in [-0.4, -0.2) is 37.2 Å². The van der Waals surface area contributed by atoms with Gasteiger partial charge in [0.1, 0.15) is 13.2 Å². The van der Waals surface area contributed by atoms with Crippen molar-refractivity contribution in [2.45, 2.75) is 271 Å². The minimum Gasteiger partial charge on any atom is -0.462 e. The van der Waals surface area contributed by atoms with Crippen molar-refractivity contribution in [3.05, 3.63) is 109 Å². The first-order chi connectivity index (χ1) is 35.0. The van der Waals surface area contributed by atoms with Gasteiger partial charge in [0.25, 0.3) is 0 Å². The molecule has 404 valence electrons. The maximum Gasteiger partial charge on any atom is 0.306 e. The van der Waals surface area contributed by atoms with E-state index in [1.165, 1.54) is 89.9 Å². The highest BCUT2D eigenvalue weighted by molar-refractivity contribution is 5.71. The van der Waals surface area contributed by atoms with E-state index in [9.17, 15) is 14.4 Å². The summed E-state index contributed by atoms with van der Waals surface area (Å²) >= 11 is 0. The molecule has 0 saturated carbocycles. The van der Waals surface area contributed by atoms with Gasteiger partial charge in [-0.1, -0.05) is 246 Å². The van der Waals surface area contributed by atoms with Gasteiger partial charge >= 0.3 is 17.9 Å². The Morgan fingerprint density at radius 2 is 0.549 bits per heavy atom. The van der Waals surface area contributed by atoms with Crippen LogP contribution in [0.2, 0.25) is 0 Å². The van der Waals surface area contributed by atoms with Crippen molar-refractivity contribution in [1.82, 2.24) is 0 Å². The first-order valence-electron chi connectivity index (χ1n) is 29.4. The minimum atomic E-state index is -0.791. The van der Waals surface area contributed by atoms with Crippen LogP contribution in [0.25, 0.3) is 0 Å². The van der Waals surface area contributed by atoms with E-state index in [0.717, 1.165) is 135 Å². The largest absolute Gasteiger partial charge is 0.462 e. The fourth-order valence-corrected chi connectivity index (χ4v) is 7.86. The molecule has 0 heterocycles. The second-order valence-corrected chi connectivity index (χ2v) is 19.2. The Kier molecular flexibility index (Phi) is 55.4. The van der Waals surface area contributed by atoms with Gasteiger partial charge in [0.15, 0.2) is 6.10 Å². The van der Waals surface area contributed by atoms with Crippen LogP contribution in [0.5, 0.6) is 0 Å². The van der Waals surface area contributed by atoms with E-state index in [0.29, 0.717) is 19.3 Å². The second kappa shape index (κ2) is 58.6. The number of unbranched alkanes of at least 4 members (excludes halogenated alkanes) is 23. The molecule has 0 N–H and O–H groups in total. The molecule has 6 heteroatoms. The van der Waals surface area contributed by atoms with Gasteiger partial charge < -0.3 is 14.2 Å². The first-order valence-corrected chi connectivity index (χ1v) is 29.4. The smallest absolute Gasteiger partial charge is 0.306 e. The van der Waals surface area contributed by atoms with Gasteiger partial charge in [-0.3, -0.25) is 14.4 Å². The Morgan fingerprint density at radius 1 is 0.296 bits per heavy atom. The molecule has 0 amide bonds. The van der Waals surface area contributed by atoms with E-state index in [-0.39, 0.29) is 31.1 Å². The molecule has 0 spiro atoms. The highest BCUT2D eigenvalue weighted by Crippen LogP contribution is 2.14. The van der Waals surface area contributed by atoms with Crippen LogP contribution in [0.15, 0.2) is 109 Å². The molecule has 0 aromatic heterocycles. The first kappa shape index (κ1) is 67.1. The van der Waals surface area contributed by atoms with Gasteiger partial charge in [-0.2, -0.15) is 0 Å². The summed E-state index contributed by atoms with van der Waals surface area (Å²) in [4.78, 5) is 38.0. The summed E-state index contributed by atoms with van der Waals surface area (Å²) in [6, 6.07) is 0. The molecular formula is C65H108O6. The van der Waals surface area contributed by atoms with Gasteiger partial charge in [-0.15, -0.1) is 0 Å². The Morgan fingerprint density at radius 3 is 0.859 bits per heavy atom. The Hall–Kier alpha value is -3.93. The van der Waals surface area contributed by atoms with E-state index < -0.39 is 6.10 Å². The van der Waals surface area contributed by atoms with Crippen LogP contribution in [-0.2, 0) is 28.6 Å². The number of allylic oxidation sites excluding steroid dienone is 18. The highest BCUT2D eigenvalue weighted by Gasteiger charge is 2.19. The summed E-state index contributed by atoms with van der Waals surface area (Å²) in [7, 11) is 0. The Bertz CT molecular complexity index is 1460. The van der Waals surface area contributed by atoms with Crippen molar-refractivity contribution < 1.29 is 28.6 Å². The lowest BCUT2D eigenvalue weighted by Crippen LogP contribution is -2.30. The van der Waals surface area contributed by atoms with Gasteiger partial charge in [0.05, 0.1) is 0 Å². The normalized spacial score (nSPS) is 12.9. The highest BCUT2D eigenvalue weighted by atomic mass is 16.6. The van der Waals surface area contributed by atoms with Gasteiger partial charge in [0.2, 0.25) is 0 Å². The molecule has 0 aromatic carbocycles. The van der Waals surface area contributed by atoms with E-state index in [1.807, 2.05) is 0 Å². The molecular weight excluding hydrogens is 877 g/mol. The van der Waals surface area contributed by atoms with E-state index >= 15 is 0 Å². The molecule has 0 aromatic rings. The monoisotopic (exact) mass is 985 g/mol. The fraction of sp³-hybridized carbons (Fsp3) is 0.677. The molecule has 0 rings (SSSR count). The molecule has 0 aliphatic rings. The number of ether oxygens (including phenoxy) is 3. The molecule has 6 nitrogen and oxygen atoms in total. The van der Waals surface area contributed by atoms with Crippen LogP contribution in [0.1, 0.15) is 265 Å². The van der Waals surface area contributed by atoms with Crippen molar-refractivity contribution in [2.24, 2.45) is 0 Å². The van der Waals surface area contributed by atoms with Crippen LogP contribution in [0.4, 0.5) is 0 Å². The number of hydrogen-bond acceptors (Lipinski definition) is 6. The SMILES string of the molecule is CC/C=C\C/C=C\C/C=C\C/C=C\C/C=C\C/C=C\CCCCCCCCC(=O)OCC(COC(=O)CCCCCCCCC)OC(=O)CCCCCCCC/C=C\C/C=C\C/C=C\CCCCCCC. The fourth-order valence-electron chi connectivity index (χ4n) is 7.86. The summed E-state index contributed by atoms with van der Waals surface area (Å²) in [5.74, 6) is -0.923.